The lowest BCUT2D eigenvalue weighted by Gasteiger charge is -2.09. The van der Waals surface area contributed by atoms with E-state index < -0.39 is 0 Å². The number of nitrogens with zero attached hydrogens (tertiary/aromatic N) is 1. The van der Waals surface area contributed by atoms with Crippen LogP contribution in [0.15, 0.2) is 12.4 Å². The van der Waals surface area contributed by atoms with Crippen LogP contribution in [0.25, 0.3) is 0 Å². The molecule has 0 bridgehead atoms. The van der Waals surface area contributed by atoms with Crippen molar-refractivity contribution in [1.82, 2.24) is 20.8 Å². The molecule has 1 aromatic heterocycles. The van der Waals surface area contributed by atoms with Gasteiger partial charge in [-0.05, 0) is 19.4 Å². The molecule has 1 unspecified atom stereocenters. The lowest BCUT2D eigenvalue weighted by atomic mass is 10.2. The van der Waals surface area contributed by atoms with Gasteiger partial charge >= 0.3 is 0 Å². The van der Waals surface area contributed by atoms with Gasteiger partial charge in [0.2, 0.25) is 5.91 Å². The van der Waals surface area contributed by atoms with Gasteiger partial charge in [-0.3, -0.25) is 9.89 Å². The summed E-state index contributed by atoms with van der Waals surface area (Å²) in [5.74, 6) is 0.0868. The molecule has 0 spiro atoms. The van der Waals surface area contributed by atoms with Gasteiger partial charge in [-0.15, -0.1) is 0 Å². The SMILES string of the molecule is O=C(NCc1cn[nH]c1)C1CCCN1. The van der Waals surface area contributed by atoms with E-state index in [1.807, 2.05) is 0 Å². The number of aromatic nitrogens is 2. The smallest absolute Gasteiger partial charge is 0.237 e. The van der Waals surface area contributed by atoms with E-state index in [1.54, 1.807) is 12.4 Å². The number of H-pyrrole nitrogens is 1. The molecule has 1 aliphatic heterocycles. The van der Waals surface area contributed by atoms with Gasteiger partial charge in [0.25, 0.3) is 0 Å². The zero-order valence-electron chi connectivity index (χ0n) is 7.92. The maximum Gasteiger partial charge on any atom is 0.237 e. The second kappa shape index (κ2) is 4.23. The molecule has 0 aromatic carbocycles. The van der Waals surface area contributed by atoms with Crippen molar-refractivity contribution in [3.8, 4) is 0 Å². The number of carbonyl (C=O) groups is 1. The van der Waals surface area contributed by atoms with Crippen LogP contribution < -0.4 is 10.6 Å². The minimum Gasteiger partial charge on any atom is -0.351 e. The van der Waals surface area contributed by atoms with Crippen LogP contribution >= 0.6 is 0 Å². The summed E-state index contributed by atoms with van der Waals surface area (Å²) in [4.78, 5) is 11.5. The average Bonchev–Trinajstić information content (AvgIpc) is 2.87. The molecule has 76 valence electrons. The first-order chi connectivity index (χ1) is 6.86. The Morgan fingerprint density at radius 1 is 1.71 bits per heavy atom. The largest absolute Gasteiger partial charge is 0.351 e. The number of nitrogens with one attached hydrogen (secondary N) is 3. The Kier molecular flexibility index (Phi) is 2.78. The van der Waals surface area contributed by atoms with E-state index in [2.05, 4.69) is 20.8 Å². The molecule has 0 radical (unpaired) electrons. The minimum atomic E-state index is 0.00176. The number of amides is 1. The highest BCUT2D eigenvalue weighted by Crippen LogP contribution is 2.04. The van der Waals surface area contributed by atoms with Crippen LogP contribution in [-0.4, -0.2) is 28.7 Å². The van der Waals surface area contributed by atoms with Crippen molar-refractivity contribution in [2.24, 2.45) is 0 Å². The standard InChI is InChI=1S/C9H14N4O/c14-9(8-2-1-3-10-8)11-4-7-5-12-13-6-7/h5-6,8,10H,1-4H2,(H,11,14)(H,12,13). The molecular weight excluding hydrogens is 180 g/mol. The van der Waals surface area contributed by atoms with E-state index >= 15 is 0 Å². The van der Waals surface area contributed by atoms with E-state index in [0.717, 1.165) is 24.9 Å². The van der Waals surface area contributed by atoms with Crippen molar-refractivity contribution in [1.29, 1.82) is 0 Å². The molecular formula is C9H14N4O. The van der Waals surface area contributed by atoms with Crippen LogP contribution in [0.1, 0.15) is 18.4 Å². The fourth-order valence-electron chi connectivity index (χ4n) is 1.60. The second-order valence-electron chi connectivity index (χ2n) is 3.47. The predicted molar refractivity (Wildman–Crippen MR) is 51.5 cm³/mol. The summed E-state index contributed by atoms with van der Waals surface area (Å²) >= 11 is 0. The summed E-state index contributed by atoms with van der Waals surface area (Å²) < 4.78 is 0. The van der Waals surface area contributed by atoms with E-state index in [0.29, 0.717) is 6.54 Å². The molecule has 1 atom stereocenters. The van der Waals surface area contributed by atoms with Crippen LogP contribution in [-0.2, 0) is 11.3 Å². The van der Waals surface area contributed by atoms with Gasteiger partial charge in [-0.25, -0.2) is 0 Å². The second-order valence-corrected chi connectivity index (χ2v) is 3.47. The molecule has 0 saturated carbocycles. The van der Waals surface area contributed by atoms with Gasteiger partial charge in [0.15, 0.2) is 0 Å². The summed E-state index contributed by atoms with van der Waals surface area (Å²) in [5, 5.41) is 12.5. The molecule has 1 aliphatic rings. The number of rotatable bonds is 3. The fraction of sp³-hybridized carbons (Fsp3) is 0.556. The van der Waals surface area contributed by atoms with Crippen molar-refractivity contribution in [2.45, 2.75) is 25.4 Å². The van der Waals surface area contributed by atoms with Gasteiger partial charge in [-0.2, -0.15) is 5.10 Å². The maximum absolute atomic E-state index is 11.5. The minimum absolute atomic E-state index is 0.00176. The Morgan fingerprint density at radius 2 is 2.64 bits per heavy atom. The zero-order valence-corrected chi connectivity index (χ0v) is 7.92. The highest BCUT2D eigenvalue weighted by molar-refractivity contribution is 5.81. The summed E-state index contributed by atoms with van der Waals surface area (Å²) in [5.41, 5.74) is 0.997. The predicted octanol–water partition coefficient (Wildman–Crippen LogP) is -0.222. The van der Waals surface area contributed by atoms with E-state index in [-0.39, 0.29) is 11.9 Å². The Bertz CT molecular complexity index is 290. The van der Waals surface area contributed by atoms with Gasteiger partial charge in [0, 0.05) is 18.3 Å². The number of aromatic amines is 1. The monoisotopic (exact) mass is 194 g/mol. The maximum atomic E-state index is 11.5. The van der Waals surface area contributed by atoms with Crippen molar-refractivity contribution in [2.75, 3.05) is 6.54 Å². The third kappa shape index (κ3) is 2.11. The molecule has 1 amide bonds. The quantitative estimate of drug-likeness (QED) is 0.623. The average molecular weight is 194 g/mol. The van der Waals surface area contributed by atoms with Crippen LogP contribution in [0.5, 0.6) is 0 Å². The Labute approximate surface area is 82.3 Å². The van der Waals surface area contributed by atoms with E-state index in [1.165, 1.54) is 0 Å². The first kappa shape index (κ1) is 9.21. The van der Waals surface area contributed by atoms with Gasteiger partial charge in [0.1, 0.15) is 0 Å². The molecule has 1 fully saturated rings. The highest BCUT2D eigenvalue weighted by atomic mass is 16.2. The van der Waals surface area contributed by atoms with E-state index in [9.17, 15) is 4.79 Å². The fourth-order valence-corrected chi connectivity index (χ4v) is 1.60. The van der Waals surface area contributed by atoms with Crippen LogP contribution in [0.2, 0.25) is 0 Å². The van der Waals surface area contributed by atoms with Crippen LogP contribution in [0.4, 0.5) is 0 Å². The van der Waals surface area contributed by atoms with Gasteiger partial charge in [-0.1, -0.05) is 0 Å². The van der Waals surface area contributed by atoms with Crippen molar-refractivity contribution >= 4 is 5.91 Å². The molecule has 1 saturated heterocycles. The van der Waals surface area contributed by atoms with Gasteiger partial charge in [0.05, 0.1) is 12.2 Å². The summed E-state index contributed by atoms with van der Waals surface area (Å²) in [6.07, 6.45) is 5.52. The molecule has 3 N–H and O–H groups in total. The number of hydrogen-bond donors (Lipinski definition) is 3. The lowest BCUT2D eigenvalue weighted by Crippen LogP contribution is -2.39. The Hall–Kier alpha value is -1.36. The van der Waals surface area contributed by atoms with Gasteiger partial charge < -0.3 is 10.6 Å². The van der Waals surface area contributed by atoms with E-state index in [4.69, 9.17) is 0 Å². The molecule has 14 heavy (non-hydrogen) atoms. The summed E-state index contributed by atoms with van der Waals surface area (Å²) in [7, 11) is 0. The van der Waals surface area contributed by atoms with Crippen molar-refractivity contribution < 1.29 is 4.79 Å². The van der Waals surface area contributed by atoms with Crippen molar-refractivity contribution in [3.05, 3.63) is 18.0 Å². The molecule has 1 aromatic rings. The summed E-state index contributed by atoms with van der Waals surface area (Å²) in [6, 6.07) is 0.00176. The molecule has 0 aliphatic carbocycles. The topological polar surface area (TPSA) is 69.8 Å². The van der Waals surface area contributed by atoms with Crippen LogP contribution in [0, 0.1) is 0 Å². The normalized spacial score (nSPS) is 21.0. The first-order valence-electron chi connectivity index (χ1n) is 4.85. The zero-order chi connectivity index (χ0) is 9.80. The Morgan fingerprint density at radius 3 is 3.29 bits per heavy atom. The molecule has 5 heteroatoms. The molecule has 2 heterocycles. The molecule has 2 rings (SSSR count). The summed E-state index contributed by atoms with van der Waals surface area (Å²) in [6.45, 7) is 1.50. The number of carbonyl (C=O) groups excluding carboxylic acids is 1. The number of hydrogen-bond acceptors (Lipinski definition) is 3. The lowest BCUT2D eigenvalue weighted by molar-refractivity contribution is -0.122. The van der Waals surface area contributed by atoms with Crippen LogP contribution in [0.3, 0.4) is 0 Å². The van der Waals surface area contributed by atoms with Crippen molar-refractivity contribution in [3.63, 3.8) is 0 Å². The third-order valence-corrected chi connectivity index (χ3v) is 2.40. The first-order valence-corrected chi connectivity index (χ1v) is 4.85. The third-order valence-electron chi connectivity index (χ3n) is 2.40. The molecule has 5 nitrogen and oxygen atoms in total. The Balaban J connectivity index is 1.77. The highest BCUT2D eigenvalue weighted by Gasteiger charge is 2.21.